The van der Waals surface area contributed by atoms with Crippen LogP contribution in [0.1, 0.15) is 71.5 Å². The van der Waals surface area contributed by atoms with Crippen molar-refractivity contribution in [1.82, 2.24) is 0 Å². The van der Waals surface area contributed by atoms with Gasteiger partial charge in [-0.05, 0) is 76.3 Å². The first-order valence-corrected chi connectivity index (χ1v) is 12.4. The van der Waals surface area contributed by atoms with E-state index in [1.807, 2.05) is 6.92 Å². The molecule has 1 fully saturated rings. The molecule has 184 valence electrons. The molecule has 1 aromatic carbocycles. The van der Waals surface area contributed by atoms with Crippen LogP contribution in [0, 0.1) is 6.92 Å². The van der Waals surface area contributed by atoms with Gasteiger partial charge in [0.05, 0.1) is 18.8 Å². The van der Waals surface area contributed by atoms with E-state index in [9.17, 15) is 14.4 Å². The molecule has 3 rings (SSSR count). The van der Waals surface area contributed by atoms with Crippen LogP contribution in [-0.2, 0) is 14.3 Å². The number of amides is 1. The minimum Gasteiger partial charge on any atom is -0.494 e. The first-order valence-electron chi connectivity index (χ1n) is 11.6. The molecule has 0 radical (unpaired) electrons. The SMILES string of the molecule is CCOC(=O)c1c(NC(=O)COc2ccc(OCC)cc2)sc(C(=O)OC2CCCCC2)c1C. The molecule has 1 heterocycles. The molecule has 1 aliphatic rings. The second kappa shape index (κ2) is 12.4. The predicted molar refractivity (Wildman–Crippen MR) is 129 cm³/mol. The Morgan fingerprint density at radius 3 is 2.21 bits per heavy atom. The number of esters is 2. The van der Waals surface area contributed by atoms with Crippen molar-refractivity contribution >= 4 is 34.2 Å². The fourth-order valence-electron chi connectivity index (χ4n) is 3.74. The van der Waals surface area contributed by atoms with Crippen LogP contribution in [0.4, 0.5) is 5.00 Å². The lowest BCUT2D eigenvalue weighted by Crippen LogP contribution is -2.21. The number of hydrogen-bond acceptors (Lipinski definition) is 8. The van der Waals surface area contributed by atoms with Gasteiger partial charge in [-0.25, -0.2) is 9.59 Å². The number of anilines is 1. The number of carbonyl (C=O) groups is 3. The van der Waals surface area contributed by atoms with E-state index in [1.54, 1.807) is 38.1 Å². The van der Waals surface area contributed by atoms with E-state index in [0.717, 1.165) is 43.4 Å². The number of benzene rings is 1. The highest BCUT2D eigenvalue weighted by Gasteiger charge is 2.29. The van der Waals surface area contributed by atoms with Gasteiger partial charge < -0.3 is 24.3 Å². The molecule has 1 saturated carbocycles. The molecule has 0 bridgehead atoms. The smallest absolute Gasteiger partial charge is 0.348 e. The molecule has 0 aliphatic heterocycles. The highest BCUT2D eigenvalue weighted by Crippen LogP contribution is 2.35. The first-order chi connectivity index (χ1) is 16.4. The average molecular weight is 490 g/mol. The maximum atomic E-state index is 12.8. The molecule has 2 aromatic rings. The van der Waals surface area contributed by atoms with E-state index in [1.165, 1.54) is 0 Å². The van der Waals surface area contributed by atoms with Crippen molar-refractivity contribution in [1.29, 1.82) is 0 Å². The Balaban J connectivity index is 1.70. The van der Waals surface area contributed by atoms with Crippen molar-refractivity contribution in [3.8, 4) is 11.5 Å². The van der Waals surface area contributed by atoms with Crippen molar-refractivity contribution < 1.29 is 33.3 Å². The molecule has 0 unspecified atom stereocenters. The molecule has 0 spiro atoms. The molecule has 34 heavy (non-hydrogen) atoms. The number of rotatable bonds is 10. The zero-order chi connectivity index (χ0) is 24.5. The number of ether oxygens (including phenoxy) is 4. The molecule has 1 N–H and O–H groups in total. The van der Waals surface area contributed by atoms with Gasteiger partial charge in [0.2, 0.25) is 0 Å². The lowest BCUT2D eigenvalue weighted by Gasteiger charge is -2.21. The second-order valence-corrected chi connectivity index (χ2v) is 8.91. The van der Waals surface area contributed by atoms with Gasteiger partial charge in [0.15, 0.2) is 6.61 Å². The zero-order valence-electron chi connectivity index (χ0n) is 19.8. The monoisotopic (exact) mass is 489 g/mol. The molecule has 8 nitrogen and oxygen atoms in total. The van der Waals surface area contributed by atoms with Crippen LogP contribution in [0.15, 0.2) is 24.3 Å². The predicted octanol–water partition coefficient (Wildman–Crippen LogP) is 5.14. The molecular weight excluding hydrogens is 458 g/mol. The second-order valence-electron chi connectivity index (χ2n) is 7.89. The van der Waals surface area contributed by atoms with E-state index < -0.39 is 17.8 Å². The van der Waals surface area contributed by atoms with Crippen molar-refractivity contribution in [3.63, 3.8) is 0 Å². The fraction of sp³-hybridized carbons (Fsp3) is 0.480. The summed E-state index contributed by atoms with van der Waals surface area (Å²) in [4.78, 5) is 38.3. The number of hydrogen-bond donors (Lipinski definition) is 1. The average Bonchev–Trinajstić information content (AvgIpc) is 3.15. The van der Waals surface area contributed by atoms with Crippen molar-refractivity contribution in [2.24, 2.45) is 0 Å². The van der Waals surface area contributed by atoms with Crippen LogP contribution in [0.5, 0.6) is 11.5 Å². The van der Waals surface area contributed by atoms with Gasteiger partial charge in [0.25, 0.3) is 5.91 Å². The summed E-state index contributed by atoms with van der Waals surface area (Å²) in [5.41, 5.74) is 0.601. The van der Waals surface area contributed by atoms with Crippen LogP contribution >= 0.6 is 11.3 Å². The Kier molecular flexibility index (Phi) is 9.33. The van der Waals surface area contributed by atoms with Crippen molar-refractivity contribution in [2.45, 2.75) is 59.0 Å². The molecule has 0 atom stereocenters. The van der Waals surface area contributed by atoms with Crippen molar-refractivity contribution in [2.75, 3.05) is 25.1 Å². The third kappa shape index (κ3) is 6.72. The largest absolute Gasteiger partial charge is 0.494 e. The molecule has 1 aliphatic carbocycles. The maximum absolute atomic E-state index is 12.8. The Morgan fingerprint density at radius 2 is 1.59 bits per heavy atom. The summed E-state index contributed by atoms with van der Waals surface area (Å²) in [5.74, 6) is -0.335. The summed E-state index contributed by atoms with van der Waals surface area (Å²) >= 11 is 1.02. The standard InChI is InChI=1S/C25H31NO7S/c1-4-30-17-11-13-18(14-12-17)32-15-20(27)26-23-21(24(28)31-5-2)16(3)22(34-23)25(29)33-19-9-7-6-8-10-19/h11-14,19H,4-10,15H2,1-3H3,(H,26,27). The fourth-order valence-corrected chi connectivity index (χ4v) is 4.84. The van der Waals surface area contributed by atoms with E-state index in [2.05, 4.69) is 5.32 Å². The topological polar surface area (TPSA) is 100 Å². The van der Waals surface area contributed by atoms with E-state index in [0.29, 0.717) is 23.7 Å². The quantitative estimate of drug-likeness (QED) is 0.461. The summed E-state index contributed by atoms with van der Waals surface area (Å²) in [6.07, 6.45) is 4.78. The summed E-state index contributed by atoms with van der Waals surface area (Å²) in [6.45, 7) is 5.71. The van der Waals surface area contributed by atoms with Crippen molar-refractivity contribution in [3.05, 3.63) is 40.3 Å². The lowest BCUT2D eigenvalue weighted by atomic mass is 9.98. The Labute approximate surface area is 203 Å². The summed E-state index contributed by atoms with van der Waals surface area (Å²) in [5, 5.41) is 2.94. The normalized spacial score (nSPS) is 13.7. The summed E-state index contributed by atoms with van der Waals surface area (Å²) in [7, 11) is 0. The van der Waals surface area contributed by atoms with Crippen LogP contribution in [-0.4, -0.2) is 43.8 Å². The molecule has 9 heteroatoms. The number of carbonyl (C=O) groups excluding carboxylic acids is 3. The summed E-state index contributed by atoms with van der Waals surface area (Å²) in [6, 6.07) is 6.92. The molecule has 0 saturated heterocycles. The minimum absolute atomic E-state index is 0.116. The van der Waals surface area contributed by atoms with E-state index in [4.69, 9.17) is 18.9 Å². The third-order valence-corrected chi connectivity index (χ3v) is 6.58. The number of thiophene rings is 1. The summed E-state index contributed by atoms with van der Waals surface area (Å²) < 4.78 is 21.8. The first kappa shape index (κ1) is 25.6. The molecular formula is C25H31NO7S. The van der Waals surface area contributed by atoms with Gasteiger partial charge in [0.1, 0.15) is 27.5 Å². The number of nitrogens with one attached hydrogen (secondary N) is 1. The third-order valence-electron chi connectivity index (χ3n) is 5.40. The Hall–Kier alpha value is -3.07. The lowest BCUT2D eigenvalue weighted by molar-refractivity contribution is -0.118. The van der Waals surface area contributed by atoms with Gasteiger partial charge >= 0.3 is 11.9 Å². The van der Waals surface area contributed by atoms with Gasteiger partial charge in [0, 0.05) is 0 Å². The van der Waals surface area contributed by atoms with Crippen LogP contribution in [0.25, 0.3) is 0 Å². The molecule has 1 aromatic heterocycles. The maximum Gasteiger partial charge on any atom is 0.348 e. The highest BCUT2D eigenvalue weighted by molar-refractivity contribution is 7.18. The van der Waals surface area contributed by atoms with Crippen LogP contribution < -0.4 is 14.8 Å². The van der Waals surface area contributed by atoms with Gasteiger partial charge in [-0.15, -0.1) is 11.3 Å². The highest BCUT2D eigenvalue weighted by atomic mass is 32.1. The Bertz CT molecular complexity index is 993. The minimum atomic E-state index is -0.601. The van der Waals surface area contributed by atoms with Gasteiger partial charge in [-0.2, -0.15) is 0 Å². The van der Waals surface area contributed by atoms with Gasteiger partial charge in [-0.1, -0.05) is 6.42 Å². The van der Waals surface area contributed by atoms with E-state index in [-0.39, 0.29) is 34.8 Å². The van der Waals surface area contributed by atoms with Crippen LogP contribution in [0.2, 0.25) is 0 Å². The molecule has 1 amide bonds. The van der Waals surface area contributed by atoms with Crippen LogP contribution in [0.3, 0.4) is 0 Å². The van der Waals surface area contributed by atoms with E-state index >= 15 is 0 Å². The Morgan fingerprint density at radius 1 is 0.941 bits per heavy atom. The van der Waals surface area contributed by atoms with Gasteiger partial charge in [-0.3, -0.25) is 4.79 Å². The zero-order valence-corrected chi connectivity index (χ0v) is 20.6.